The summed E-state index contributed by atoms with van der Waals surface area (Å²) in [5, 5.41) is 10.9. The highest BCUT2D eigenvalue weighted by molar-refractivity contribution is 7.99. The van der Waals surface area contributed by atoms with E-state index in [0.29, 0.717) is 11.1 Å². The third kappa shape index (κ3) is 2.47. The van der Waals surface area contributed by atoms with Gasteiger partial charge in [-0.15, -0.1) is 21.5 Å². The zero-order chi connectivity index (χ0) is 17.0. The summed E-state index contributed by atoms with van der Waals surface area (Å²) in [6.07, 6.45) is 5.07. The molecular weight excluding hydrogens is 356 g/mol. The van der Waals surface area contributed by atoms with Gasteiger partial charge in [-0.2, -0.15) is 0 Å². The lowest BCUT2D eigenvalue weighted by atomic mass is 10.2. The van der Waals surface area contributed by atoms with Gasteiger partial charge in [0.1, 0.15) is 21.4 Å². The van der Waals surface area contributed by atoms with Gasteiger partial charge < -0.3 is 8.83 Å². The molecule has 0 N–H and O–H groups in total. The molecule has 0 spiro atoms. The van der Waals surface area contributed by atoms with E-state index in [2.05, 4.69) is 20.2 Å². The Morgan fingerprint density at radius 3 is 2.92 bits per heavy atom. The van der Waals surface area contributed by atoms with Crippen LogP contribution in [0.15, 0.2) is 31.4 Å². The van der Waals surface area contributed by atoms with Crippen LogP contribution in [0, 0.1) is 13.8 Å². The number of rotatable bonds is 3. The van der Waals surface area contributed by atoms with Crippen LogP contribution in [0.2, 0.25) is 0 Å². The van der Waals surface area contributed by atoms with E-state index in [1.165, 1.54) is 28.6 Å². The first-order valence-corrected chi connectivity index (χ1v) is 9.67. The summed E-state index contributed by atoms with van der Waals surface area (Å²) in [5.41, 5.74) is 2.22. The van der Waals surface area contributed by atoms with Crippen molar-refractivity contribution in [2.75, 3.05) is 0 Å². The van der Waals surface area contributed by atoms with Crippen LogP contribution < -0.4 is 0 Å². The molecule has 0 fully saturated rings. The van der Waals surface area contributed by atoms with Crippen molar-refractivity contribution in [3.8, 4) is 11.5 Å². The van der Waals surface area contributed by atoms with Gasteiger partial charge in [-0.25, -0.2) is 9.97 Å². The number of hydrogen-bond acceptors (Lipinski definition) is 8. The van der Waals surface area contributed by atoms with Crippen molar-refractivity contribution in [2.24, 2.45) is 0 Å². The van der Waals surface area contributed by atoms with E-state index >= 15 is 0 Å². The molecule has 5 rings (SSSR count). The predicted molar refractivity (Wildman–Crippen MR) is 95.0 cm³/mol. The maximum Gasteiger partial charge on any atom is 0.283 e. The second-order valence-electron chi connectivity index (χ2n) is 5.98. The van der Waals surface area contributed by atoms with E-state index in [1.807, 2.05) is 19.9 Å². The Morgan fingerprint density at radius 1 is 1.16 bits per heavy atom. The number of thiophene rings is 1. The smallest absolute Gasteiger partial charge is 0.283 e. The van der Waals surface area contributed by atoms with Crippen LogP contribution in [0.5, 0.6) is 0 Å². The molecule has 6 nitrogen and oxygen atoms in total. The van der Waals surface area contributed by atoms with Crippen LogP contribution in [0.4, 0.5) is 0 Å². The van der Waals surface area contributed by atoms with Crippen LogP contribution >= 0.6 is 23.1 Å². The fourth-order valence-electron chi connectivity index (χ4n) is 3.19. The largest absolute Gasteiger partial charge is 0.469 e. The second-order valence-corrected chi connectivity index (χ2v) is 8.00. The second kappa shape index (κ2) is 5.67. The van der Waals surface area contributed by atoms with Gasteiger partial charge in [0.15, 0.2) is 0 Å². The standard InChI is InChI=1S/C17H14N4O2S2/c1-8-10(6-7-22-8)14-20-21-17(23-14)25-16-13-11-4-3-5-12(11)24-15(13)18-9(2)19-16/h6-7H,3-5H2,1-2H3. The van der Waals surface area contributed by atoms with E-state index in [4.69, 9.17) is 8.83 Å². The summed E-state index contributed by atoms with van der Waals surface area (Å²) in [5.74, 6) is 1.99. The minimum absolute atomic E-state index is 0.464. The minimum atomic E-state index is 0.464. The minimum Gasteiger partial charge on any atom is -0.469 e. The Labute approximate surface area is 151 Å². The monoisotopic (exact) mass is 370 g/mol. The summed E-state index contributed by atoms with van der Waals surface area (Å²) in [6, 6.07) is 1.83. The Balaban J connectivity index is 1.56. The van der Waals surface area contributed by atoms with Gasteiger partial charge in [0.25, 0.3) is 11.1 Å². The van der Waals surface area contributed by atoms with Crippen molar-refractivity contribution < 1.29 is 8.83 Å². The molecule has 0 amide bonds. The predicted octanol–water partition coefficient (Wildman–Crippen LogP) is 4.59. The van der Waals surface area contributed by atoms with Crippen molar-refractivity contribution in [2.45, 2.75) is 43.4 Å². The third-order valence-electron chi connectivity index (χ3n) is 4.32. The quantitative estimate of drug-likeness (QED) is 0.488. The van der Waals surface area contributed by atoms with Gasteiger partial charge in [0.2, 0.25) is 0 Å². The Bertz CT molecular complexity index is 1100. The van der Waals surface area contributed by atoms with Crippen LogP contribution in [-0.2, 0) is 12.8 Å². The highest BCUT2D eigenvalue weighted by Gasteiger charge is 2.23. The Morgan fingerprint density at radius 2 is 2.08 bits per heavy atom. The van der Waals surface area contributed by atoms with Crippen molar-refractivity contribution in [1.82, 2.24) is 20.2 Å². The number of nitrogens with zero attached hydrogens (tertiary/aromatic N) is 4. The zero-order valence-electron chi connectivity index (χ0n) is 13.7. The first-order valence-electron chi connectivity index (χ1n) is 8.04. The van der Waals surface area contributed by atoms with Crippen LogP contribution in [0.1, 0.15) is 28.4 Å². The summed E-state index contributed by atoms with van der Waals surface area (Å²) >= 11 is 3.20. The van der Waals surface area contributed by atoms with E-state index in [-0.39, 0.29) is 0 Å². The van der Waals surface area contributed by atoms with Gasteiger partial charge in [0.05, 0.1) is 11.8 Å². The number of furan rings is 1. The first kappa shape index (κ1) is 15.1. The highest BCUT2D eigenvalue weighted by atomic mass is 32.2. The van der Waals surface area contributed by atoms with Crippen molar-refractivity contribution in [1.29, 1.82) is 0 Å². The molecular formula is C17H14N4O2S2. The van der Waals surface area contributed by atoms with Crippen molar-refractivity contribution in [3.63, 3.8) is 0 Å². The molecule has 8 heteroatoms. The summed E-state index contributed by atoms with van der Waals surface area (Å²) < 4.78 is 11.1. The molecule has 0 saturated heterocycles. The number of aromatic nitrogens is 4. The molecule has 0 atom stereocenters. The fourth-order valence-corrected chi connectivity index (χ4v) is 5.43. The molecule has 4 heterocycles. The molecule has 4 aromatic heterocycles. The molecule has 126 valence electrons. The summed E-state index contributed by atoms with van der Waals surface area (Å²) in [7, 11) is 0. The fraction of sp³-hybridized carbons (Fsp3) is 0.294. The molecule has 0 bridgehead atoms. The lowest BCUT2D eigenvalue weighted by Gasteiger charge is -2.02. The lowest BCUT2D eigenvalue weighted by molar-refractivity contribution is 0.463. The SMILES string of the molecule is Cc1nc(Sc2nnc(-c3ccoc3C)o2)c2c3c(sc2n1)CCC3. The molecule has 1 aliphatic carbocycles. The molecule has 25 heavy (non-hydrogen) atoms. The Hall–Kier alpha value is -2.19. The Kier molecular flexibility index (Phi) is 3.42. The van der Waals surface area contributed by atoms with E-state index in [0.717, 1.165) is 45.2 Å². The molecule has 0 aliphatic heterocycles. The van der Waals surface area contributed by atoms with Gasteiger partial charge >= 0.3 is 0 Å². The maximum atomic E-state index is 5.82. The van der Waals surface area contributed by atoms with Gasteiger partial charge in [-0.05, 0) is 56.5 Å². The molecule has 0 saturated carbocycles. The van der Waals surface area contributed by atoms with Gasteiger partial charge in [-0.1, -0.05) is 0 Å². The first-order chi connectivity index (χ1) is 12.2. The third-order valence-corrected chi connectivity index (χ3v) is 6.34. The van der Waals surface area contributed by atoms with Gasteiger partial charge in [0, 0.05) is 10.3 Å². The van der Waals surface area contributed by atoms with Crippen molar-refractivity contribution >= 4 is 33.3 Å². The van der Waals surface area contributed by atoms with E-state index in [1.54, 1.807) is 17.6 Å². The maximum absolute atomic E-state index is 5.82. The average Bonchev–Trinajstić information content (AvgIpc) is 3.30. The molecule has 1 aliphatic rings. The van der Waals surface area contributed by atoms with Crippen molar-refractivity contribution in [3.05, 3.63) is 34.4 Å². The molecule has 0 aromatic carbocycles. The van der Waals surface area contributed by atoms with E-state index in [9.17, 15) is 0 Å². The normalized spacial score (nSPS) is 13.7. The lowest BCUT2D eigenvalue weighted by Crippen LogP contribution is -1.92. The highest BCUT2D eigenvalue weighted by Crippen LogP contribution is 2.42. The zero-order valence-corrected chi connectivity index (χ0v) is 15.3. The number of hydrogen-bond donors (Lipinski definition) is 0. The van der Waals surface area contributed by atoms with Crippen LogP contribution in [0.3, 0.4) is 0 Å². The van der Waals surface area contributed by atoms with Crippen LogP contribution in [0.25, 0.3) is 21.7 Å². The van der Waals surface area contributed by atoms with E-state index < -0.39 is 0 Å². The average molecular weight is 370 g/mol. The molecule has 4 aromatic rings. The van der Waals surface area contributed by atoms with Crippen LogP contribution in [-0.4, -0.2) is 20.2 Å². The molecule has 0 radical (unpaired) electrons. The number of aryl methyl sites for hydroxylation is 4. The van der Waals surface area contributed by atoms with Gasteiger partial charge in [-0.3, -0.25) is 0 Å². The topological polar surface area (TPSA) is 77.8 Å². The molecule has 0 unspecified atom stereocenters. The summed E-state index contributed by atoms with van der Waals surface area (Å²) in [6.45, 7) is 3.79. The summed E-state index contributed by atoms with van der Waals surface area (Å²) in [4.78, 5) is 11.8. The number of fused-ring (bicyclic) bond motifs is 3.